The van der Waals surface area contributed by atoms with Crippen LogP contribution in [-0.4, -0.2) is 44.6 Å². The van der Waals surface area contributed by atoms with E-state index >= 15 is 0 Å². The molecule has 6 nitrogen and oxygen atoms in total. The van der Waals surface area contributed by atoms with Crippen LogP contribution in [0.5, 0.6) is 5.75 Å². The number of benzene rings is 2. The van der Waals surface area contributed by atoms with E-state index in [4.69, 9.17) is 4.74 Å². The van der Waals surface area contributed by atoms with Crippen molar-refractivity contribution in [2.45, 2.75) is 25.9 Å². The number of carbonyl (C=O) groups excluding carboxylic acids is 1. The number of rotatable bonds is 4. The lowest BCUT2D eigenvalue weighted by molar-refractivity contribution is 0.255. The molecule has 2 fully saturated rings. The molecule has 2 aliphatic rings. The van der Waals surface area contributed by atoms with Crippen molar-refractivity contribution in [3.63, 3.8) is 0 Å². The smallest absolute Gasteiger partial charge is 0.329 e. The molecule has 2 aromatic carbocycles. The van der Waals surface area contributed by atoms with E-state index in [9.17, 15) is 13.2 Å². The average Bonchev–Trinajstić information content (AvgIpc) is 3.06. The zero-order chi connectivity index (χ0) is 19.2. The van der Waals surface area contributed by atoms with Gasteiger partial charge in [0.2, 0.25) is 0 Å². The third kappa shape index (κ3) is 3.16. The molecule has 0 aromatic heterocycles. The Morgan fingerprint density at radius 2 is 1.41 bits per heavy atom. The topological polar surface area (TPSA) is 66.9 Å². The van der Waals surface area contributed by atoms with Crippen LogP contribution in [-0.2, 0) is 9.84 Å². The summed E-state index contributed by atoms with van der Waals surface area (Å²) < 4.78 is 30.1. The molecule has 2 heterocycles. The first-order valence-electron chi connectivity index (χ1n) is 9.02. The second kappa shape index (κ2) is 6.56. The summed E-state index contributed by atoms with van der Waals surface area (Å²) in [5.74, 6) is 0.697. The van der Waals surface area contributed by atoms with Gasteiger partial charge in [-0.25, -0.2) is 13.2 Å². The van der Waals surface area contributed by atoms with Crippen LogP contribution in [0.25, 0.3) is 0 Å². The Morgan fingerprint density at radius 1 is 0.926 bits per heavy atom. The molecule has 0 saturated carbocycles. The molecule has 4 rings (SSSR count). The van der Waals surface area contributed by atoms with E-state index in [-0.39, 0.29) is 29.6 Å². The first-order valence-corrected chi connectivity index (χ1v) is 10.8. The lowest BCUT2D eigenvalue weighted by Crippen LogP contribution is -2.37. The average molecular weight is 386 g/mol. The zero-order valence-electron chi connectivity index (χ0n) is 15.3. The lowest BCUT2D eigenvalue weighted by atomic mass is 10.1. The van der Waals surface area contributed by atoms with Crippen molar-refractivity contribution in [3.05, 3.63) is 54.1 Å². The van der Waals surface area contributed by atoms with Crippen LogP contribution in [0.4, 0.5) is 16.2 Å². The van der Waals surface area contributed by atoms with Crippen molar-refractivity contribution in [2.75, 3.05) is 27.9 Å². The Kier molecular flexibility index (Phi) is 4.34. The van der Waals surface area contributed by atoms with E-state index < -0.39 is 9.84 Å². The molecule has 0 spiro atoms. The van der Waals surface area contributed by atoms with E-state index in [1.165, 1.54) is 0 Å². The van der Waals surface area contributed by atoms with Gasteiger partial charge < -0.3 is 4.74 Å². The number of ether oxygens (including phenoxy) is 1. The molecule has 27 heavy (non-hydrogen) atoms. The standard InChI is InChI=1S/C20H22N2O4S/c1-3-26-17-10-8-16(9-11-17)22-19-13-27(24,25)12-18(19)21(20(22)23)15-6-4-14(2)5-7-15/h4-11,18-19H,3,12-13H2,1-2H3/t18-,19-/m1/s1. The molecule has 2 saturated heterocycles. The van der Waals surface area contributed by atoms with Gasteiger partial charge in [-0.3, -0.25) is 9.80 Å². The fourth-order valence-electron chi connectivity index (χ4n) is 3.88. The number of carbonyl (C=O) groups is 1. The summed E-state index contributed by atoms with van der Waals surface area (Å²) in [5, 5.41) is 0. The SMILES string of the molecule is CCOc1ccc(N2C(=O)N(c3ccc(C)cc3)[C@@H]3CS(=O)(=O)C[C@H]32)cc1. The molecule has 0 N–H and O–H groups in total. The molecule has 142 valence electrons. The van der Waals surface area contributed by atoms with Crippen LogP contribution in [0.15, 0.2) is 48.5 Å². The number of sulfone groups is 1. The van der Waals surface area contributed by atoms with Gasteiger partial charge in [0.25, 0.3) is 0 Å². The third-order valence-electron chi connectivity index (χ3n) is 5.11. The molecular weight excluding hydrogens is 364 g/mol. The first-order chi connectivity index (χ1) is 12.9. The predicted octanol–water partition coefficient (Wildman–Crippen LogP) is 3.01. The van der Waals surface area contributed by atoms with Gasteiger partial charge in [0, 0.05) is 11.4 Å². The van der Waals surface area contributed by atoms with Crippen molar-refractivity contribution in [1.29, 1.82) is 0 Å². The quantitative estimate of drug-likeness (QED) is 0.758. The third-order valence-corrected chi connectivity index (χ3v) is 6.81. The normalized spacial score (nSPS) is 23.6. The minimum atomic E-state index is -3.20. The molecular formula is C20H22N2O4S. The fraction of sp³-hybridized carbons (Fsp3) is 0.350. The van der Waals surface area contributed by atoms with E-state index in [0.717, 1.165) is 17.0 Å². The van der Waals surface area contributed by atoms with E-state index in [1.807, 2.05) is 50.2 Å². The van der Waals surface area contributed by atoms with Crippen LogP contribution in [0.1, 0.15) is 12.5 Å². The van der Waals surface area contributed by atoms with Gasteiger partial charge >= 0.3 is 6.03 Å². The van der Waals surface area contributed by atoms with Crippen LogP contribution >= 0.6 is 0 Å². The minimum absolute atomic E-state index is 0.00911. The summed E-state index contributed by atoms with van der Waals surface area (Å²) in [6, 6.07) is 13.9. The highest BCUT2D eigenvalue weighted by molar-refractivity contribution is 7.91. The molecule has 2 amide bonds. The number of aryl methyl sites for hydroxylation is 1. The number of urea groups is 1. The molecule has 0 bridgehead atoms. The maximum atomic E-state index is 13.3. The summed E-state index contributed by atoms with van der Waals surface area (Å²) in [6.45, 7) is 4.45. The Labute approximate surface area is 159 Å². The number of hydrogen-bond donors (Lipinski definition) is 0. The highest BCUT2D eigenvalue weighted by Gasteiger charge is 2.54. The van der Waals surface area contributed by atoms with Crippen molar-refractivity contribution in [2.24, 2.45) is 0 Å². The molecule has 0 aliphatic carbocycles. The van der Waals surface area contributed by atoms with Crippen molar-refractivity contribution < 1.29 is 17.9 Å². The number of amides is 2. The van der Waals surface area contributed by atoms with Gasteiger partial charge in [0.1, 0.15) is 5.75 Å². The van der Waals surface area contributed by atoms with Gasteiger partial charge in [0.05, 0.1) is 30.2 Å². The molecule has 2 aromatic rings. The molecule has 7 heteroatoms. The summed E-state index contributed by atoms with van der Waals surface area (Å²) >= 11 is 0. The van der Waals surface area contributed by atoms with Gasteiger partial charge in [0.15, 0.2) is 9.84 Å². The Hall–Kier alpha value is -2.54. The van der Waals surface area contributed by atoms with E-state index in [1.54, 1.807) is 21.9 Å². The Balaban J connectivity index is 1.73. The number of nitrogens with zero attached hydrogens (tertiary/aromatic N) is 2. The van der Waals surface area contributed by atoms with Gasteiger partial charge in [-0.2, -0.15) is 0 Å². The second-order valence-electron chi connectivity index (χ2n) is 7.00. The highest BCUT2D eigenvalue weighted by Crippen LogP contribution is 2.38. The predicted molar refractivity (Wildman–Crippen MR) is 105 cm³/mol. The van der Waals surface area contributed by atoms with Crippen molar-refractivity contribution in [3.8, 4) is 5.75 Å². The molecule has 2 aliphatic heterocycles. The summed E-state index contributed by atoms with van der Waals surface area (Å²) in [7, 11) is -3.20. The Bertz CT molecular complexity index is 954. The maximum absolute atomic E-state index is 13.3. The van der Waals surface area contributed by atoms with Gasteiger partial charge in [-0.1, -0.05) is 17.7 Å². The monoisotopic (exact) mass is 386 g/mol. The van der Waals surface area contributed by atoms with Gasteiger partial charge in [-0.05, 0) is 50.2 Å². The Morgan fingerprint density at radius 3 is 1.89 bits per heavy atom. The van der Waals surface area contributed by atoms with Crippen LogP contribution in [0, 0.1) is 6.92 Å². The zero-order valence-corrected chi connectivity index (χ0v) is 16.1. The van der Waals surface area contributed by atoms with E-state index in [0.29, 0.717) is 12.3 Å². The number of anilines is 2. The van der Waals surface area contributed by atoms with Crippen LogP contribution in [0.2, 0.25) is 0 Å². The summed E-state index contributed by atoms with van der Waals surface area (Å²) in [5.41, 5.74) is 2.50. The molecule has 0 unspecified atom stereocenters. The maximum Gasteiger partial charge on any atom is 0.329 e. The summed E-state index contributed by atoms with van der Waals surface area (Å²) in [6.07, 6.45) is 0. The minimum Gasteiger partial charge on any atom is -0.494 e. The second-order valence-corrected chi connectivity index (χ2v) is 9.15. The largest absolute Gasteiger partial charge is 0.494 e. The van der Waals surface area contributed by atoms with E-state index in [2.05, 4.69) is 0 Å². The van der Waals surface area contributed by atoms with Gasteiger partial charge in [-0.15, -0.1) is 0 Å². The van der Waals surface area contributed by atoms with Crippen LogP contribution in [0.3, 0.4) is 0 Å². The van der Waals surface area contributed by atoms with Crippen molar-refractivity contribution >= 4 is 27.2 Å². The first kappa shape index (κ1) is 17.9. The molecule has 0 radical (unpaired) electrons. The number of fused-ring (bicyclic) bond motifs is 1. The summed E-state index contributed by atoms with van der Waals surface area (Å²) in [4.78, 5) is 16.5. The lowest BCUT2D eigenvalue weighted by Gasteiger charge is -2.23. The number of hydrogen-bond acceptors (Lipinski definition) is 4. The highest BCUT2D eigenvalue weighted by atomic mass is 32.2. The molecule has 2 atom stereocenters. The van der Waals surface area contributed by atoms with Crippen molar-refractivity contribution in [1.82, 2.24) is 0 Å². The fourth-order valence-corrected chi connectivity index (χ4v) is 5.80. The van der Waals surface area contributed by atoms with Crippen LogP contribution < -0.4 is 14.5 Å².